The van der Waals surface area contributed by atoms with Crippen molar-refractivity contribution in [3.05, 3.63) is 25.3 Å². The second kappa shape index (κ2) is 8.39. The van der Waals surface area contributed by atoms with Gasteiger partial charge in [-0.1, -0.05) is 18.7 Å². The maximum absolute atomic E-state index is 13.9. The van der Waals surface area contributed by atoms with E-state index >= 15 is 0 Å². The van der Waals surface area contributed by atoms with Crippen molar-refractivity contribution in [3.63, 3.8) is 0 Å². The lowest BCUT2D eigenvalue weighted by Crippen LogP contribution is -2.61. The molecule has 8 nitrogen and oxygen atoms in total. The van der Waals surface area contributed by atoms with Gasteiger partial charge < -0.3 is 24.4 Å². The molecule has 3 fully saturated rings. The predicted octanol–water partition coefficient (Wildman–Crippen LogP) is 1.28. The van der Waals surface area contributed by atoms with E-state index in [0.717, 1.165) is 0 Å². The molecule has 172 valence electrons. The molecule has 3 saturated heterocycles. The standard InChI is InChI=1S/C23H34N2O6/c1-7-11-24(22(4,5)6)20(28)18-23-10-9-15(31-23)16(21(29)30-12-8-2)17(23)19(27)25(18)14(3)13-26/h7-8,14-18,26H,1-2,9-13H2,3-6H3/t14-,15+,16-,17+,18?,23?/m1/s1. The highest BCUT2D eigenvalue weighted by molar-refractivity contribution is 5.98. The third-order valence-electron chi connectivity index (χ3n) is 6.71. The number of hydrogen-bond donors (Lipinski definition) is 1. The van der Waals surface area contributed by atoms with E-state index in [0.29, 0.717) is 19.4 Å². The van der Waals surface area contributed by atoms with Gasteiger partial charge in [0.1, 0.15) is 18.2 Å². The number of carbonyl (C=O) groups is 3. The first kappa shape index (κ1) is 23.5. The number of likely N-dealkylation sites (tertiary alicyclic amines) is 1. The molecule has 6 atom stereocenters. The van der Waals surface area contributed by atoms with Crippen molar-refractivity contribution >= 4 is 17.8 Å². The molecule has 1 N–H and O–H groups in total. The number of carbonyl (C=O) groups excluding carboxylic acids is 3. The monoisotopic (exact) mass is 434 g/mol. The van der Waals surface area contributed by atoms with Gasteiger partial charge in [-0.05, 0) is 40.5 Å². The van der Waals surface area contributed by atoms with Gasteiger partial charge in [-0.3, -0.25) is 14.4 Å². The van der Waals surface area contributed by atoms with Gasteiger partial charge in [0.2, 0.25) is 11.8 Å². The molecule has 0 saturated carbocycles. The van der Waals surface area contributed by atoms with Gasteiger partial charge in [0.25, 0.3) is 0 Å². The number of hydrogen-bond acceptors (Lipinski definition) is 6. The van der Waals surface area contributed by atoms with Crippen LogP contribution in [0.5, 0.6) is 0 Å². The minimum atomic E-state index is -1.11. The van der Waals surface area contributed by atoms with Crippen molar-refractivity contribution < 1.29 is 29.0 Å². The highest BCUT2D eigenvalue weighted by atomic mass is 16.6. The molecule has 0 radical (unpaired) electrons. The predicted molar refractivity (Wildman–Crippen MR) is 114 cm³/mol. The number of nitrogens with zero attached hydrogens (tertiary/aromatic N) is 2. The normalized spacial score (nSPS) is 32.5. The third-order valence-corrected chi connectivity index (χ3v) is 6.71. The van der Waals surface area contributed by atoms with E-state index in [1.54, 1.807) is 17.9 Å². The minimum absolute atomic E-state index is 0.0478. The Bertz CT molecular complexity index is 775. The highest BCUT2D eigenvalue weighted by Gasteiger charge is 2.75. The molecule has 0 aromatic heterocycles. The average molecular weight is 435 g/mol. The Morgan fingerprint density at radius 3 is 2.61 bits per heavy atom. The molecule has 0 aromatic rings. The van der Waals surface area contributed by atoms with Gasteiger partial charge in [0, 0.05) is 12.1 Å². The molecule has 3 heterocycles. The van der Waals surface area contributed by atoms with Crippen LogP contribution in [0.3, 0.4) is 0 Å². The van der Waals surface area contributed by atoms with E-state index in [-0.39, 0.29) is 25.0 Å². The molecule has 0 aromatic carbocycles. The minimum Gasteiger partial charge on any atom is -0.461 e. The number of fused-ring (bicyclic) bond motifs is 1. The summed E-state index contributed by atoms with van der Waals surface area (Å²) in [7, 11) is 0. The first-order valence-electron chi connectivity index (χ1n) is 10.9. The highest BCUT2D eigenvalue weighted by Crippen LogP contribution is 2.59. The van der Waals surface area contributed by atoms with Crippen LogP contribution >= 0.6 is 0 Å². The smallest absolute Gasteiger partial charge is 0.312 e. The fourth-order valence-corrected chi connectivity index (χ4v) is 5.41. The Kier molecular flexibility index (Phi) is 6.35. The number of rotatable bonds is 8. The number of amides is 2. The van der Waals surface area contributed by atoms with Crippen molar-refractivity contribution in [3.8, 4) is 0 Å². The van der Waals surface area contributed by atoms with Crippen LogP contribution in [0.4, 0.5) is 0 Å². The first-order chi connectivity index (χ1) is 14.5. The van der Waals surface area contributed by atoms with Crippen molar-refractivity contribution in [1.82, 2.24) is 9.80 Å². The largest absolute Gasteiger partial charge is 0.461 e. The van der Waals surface area contributed by atoms with Gasteiger partial charge >= 0.3 is 5.97 Å². The summed E-state index contributed by atoms with van der Waals surface area (Å²) in [6.45, 7) is 14.8. The van der Waals surface area contributed by atoms with Crippen molar-refractivity contribution in [2.24, 2.45) is 11.8 Å². The number of aliphatic hydroxyl groups excluding tert-OH is 1. The zero-order chi connectivity index (χ0) is 23.1. The summed E-state index contributed by atoms with van der Waals surface area (Å²) in [5.74, 6) is -2.68. The van der Waals surface area contributed by atoms with Crippen molar-refractivity contribution in [2.45, 2.75) is 69.9 Å². The van der Waals surface area contributed by atoms with Gasteiger partial charge in [-0.25, -0.2) is 0 Å². The summed E-state index contributed by atoms with van der Waals surface area (Å²) in [6, 6.07) is -1.52. The van der Waals surface area contributed by atoms with Gasteiger partial charge in [0.05, 0.1) is 30.6 Å². The van der Waals surface area contributed by atoms with Crippen LogP contribution in [0.2, 0.25) is 0 Å². The summed E-state index contributed by atoms with van der Waals surface area (Å²) in [5, 5.41) is 9.86. The Morgan fingerprint density at radius 1 is 1.39 bits per heavy atom. The summed E-state index contributed by atoms with van der Waals surface area (Å²) in [6.07, 6.45) is 3.73. The molecule has 3 aliphatic rings. The SMILES string of the molecule is C=CCOC(=O)[C@@H]1[C@@H]2CCC3(O2)C(C(=O)N(CC=C)C(C)(C)C)N([C@H](C)CO)C(=O)[C@H]13. The van der Waals surface area contributed by atoms with E-state index in [4.69, 9.17) is 9.47 Å². The van der Waals surface area contributed by atoms with E-state index in [2.05, 4.69) is 13.2 Å². The van der Waals surface area contributed by atoms with Crippen LogP contribution in [-0.4, -0.2) is 81.8 Å². The van der Waals surface area contributed by atoms with Crippen molar-refractivity contribution in [2.75, 3.05) is 19.8 Å². The fourth-order valence-electron chi connectivity index (χ4n) is 5.41. The lowest BCUT2D eigenvalue weighted by molar-refractivity contribution is -0.156. The number of aliphatic hydroxyl groups is 1. The van der Waals surface area contributed by atoms with E-state index in [1.807, 2.05) is 20.8 Å². The molecule has 2 bridgehead atoms. The molecule has 2 unspecified atom stereocenters. The summed E-state index contributed by atoms with van der Waals surface area (Å²) < 4.78 is 11.6. The van der Waals surface area contributed by atoms with Crippen LogP contribution in [-0.2, 0) is 23.9 Å². The molecule has 1 spiro atoms. The lowest BCUT2D eigenvalue weighted by Gasteiger charge is -2.43. The summed E-state index contributed by atoms with van der Waals surface area (Å²) >= 11 is 0. The Hall–Kier alpha value is -2.19. The third kappa shape index (κ3) is 3.59. The second-order valence-corrected chi connectivity index (χ2v) is 9.66. The maximum Gasteiger partial charge on any atom is 0.312 e. The lowest BCUT2D eigenvalue weighted by atomic mass is 9.70. The fraction of sp³-hybridized carbons (Fsp3) is 0.696. The van der Waals surface area contributed by atoms with Crippen LogP contribution in [0.1, 0.15) is 40.5 Å². The zero-order valence-corrected chi connectivity index (χ0v) is 18.9. The Balaban J connectivity index is 2.07. The van der Waals surface area contributed by atoms with Gasteiger partial charge in [-0.15, -0.1) is 6.58 Å². The second-order valence-electron chi connectivity index (χ2n) is 9.66. The zero-order valence-electron chi connectivity index (χ0n) is 18.9. The molecule has 3 aliphatic heterocycles. The molecule has 0 aliphatic carbocycles. The molecule has 2 amide bonds. The maximum atomic E-state index is 13.9. The number of esters is 1. The number of ether oxygens (including phenoxy) is 2. The molecule has 3 rings (SSSR count). The van der Waals surface area contributed by atoms with Crippen LogP contribution < -0.4 is 0 Å². The quantitative estimate of drug-likeness (QED) is 0.457. The topological polar surface area (TPSA) is 96.4 Å². The average Bonchev–Trinajstić information content (AvgIpc) is 3.35. The van der Waals surface area contributed by atoms with Crippen molar-refractivity contribution in [1.29, 1.82) is 0 Å². The van der Waals surface area contributed by atoms with Crippen LogP contribution in [0.25, 0.3) is 0 Å². The van der Waals surface area contributed by atoms with Crippen LogP contribution in [0.15, 0.2) is 25.3 Å². The molecular formula is C23H34N2O6. The summed E-state index contributed by atoms with van der Waals surface area (Å²) in [4.78, 5) is 43.5. The van der Waals surface area contributed by atoms with Crippen LogP contribution in [0, 0.1) is 11.8 Å². The molecular weight excluding hydrogens is 400 g/mol. The van der Waals surface area contributed by atoms with E-state index in [1.165, 1.54) is 11.0 Å². The van der Waals surface area contributed by atoms with Gasteiger partial charge in [-0.2, -0.15) is 0 Å². The van der Waals surface area contributed by atoms with E-state index < -0.39 is 47.1 Å². The van der Waals surface area contributed by atoms with Gasteiger partial charge in [0.15, 0.2) is 0 Å². The summed E-state index contributed by atoms with van der Waals surface area (Å²) in [5.41, 5.74) is -1.62. The Morgan fingerprint density at radius 2 is 2.06 bits per heavy atom. The van der Waals surface area contributed by atoms with E-state index in [9.17, 15) is 19.5 Å². The Labute approximate surface area is 183 Å². The molecule has 8 heteroatoms. The first-order valence-corrected chi connectivity index (χ1v) is 10.9. The molecule has 31 heavy (non-hydrogen) atoms.